The monoisotopic (exact) mass is 403 g/mol. The number of rotatable bonds is 3. The van der Waals surface area contributed by atoms with Crippen LogP contribution in [0.5, 0.6) is 5.75 Å². The number of piperidine rings is 1. The lowest BCUT2D eigenvalue weighted by Gasteiger charge is -2.40. The zero-order valence-corrected chi connectivity index (χ0v) is 16.7. The summed E-state index contributed by atoms with van der Waals surface area (Å²) in [4.78, 5) is 37.5. The number of nitrogens with zero attached hydrogens (tertiary/aromatic N) is 1. The summed E-state index contributed by atoms with van der Waals surface area (Å²) in [6.45, 7) is 1.45. The van der Waals surface area contributed by atoms with Gasteiger partial charge in [0, 0.05) is 19.5 Å². The number of aryl methyl sites for hydroxylation is 1. The third-order valence-corrected chi connectivity index (χ3v) is 5.96. The first-order valence-corrected chi connectivity index (χ1v) is 10.4. The predicted molar refractivity (Wildman–Crippen MR) is 106 cm³/mol. The van der Waals surface area contributed by atoms with Gasteiger partial charge >= 0.3 is 11.9 Å². The highest BCUT2D eigenvalue weighted by molar-refractivity contribution is 5.81. The van der Waals surface area contributed by atoms with Crippen LogP contribution in [-0.2, 0) is 25.5 Å². The van der Waals surface area contributed by atoms with Crippen molar-refractivity contribution in [3.63, 3.8) is 0 Å². The van der Waals surface area contributed by atoms with Gasteiger partial charge in [-0.1, -0.05) is 24.6 Å². The van der Waals surface area contributed by atoms with Crippen molar-refractivity contribution in [3.05, 3.63) is 29.8 Å². The van der Waals surface area contributed by atoms with Crippen LogP contribution in [0, 0.1) is 5.41 Å². The van der Waals surface area contributed by atoms with Gasteiger partial charge in [-0.2, -0.15) is 0 Å². The quantitative estimate of drug-likeness (QED) is 0.780. The van der Waals surface area contributed by atoms with Crippen LogP contribution >= 0.6 is 0 Å². The molecule has 0 radical (unpaired) electrons. The lowest BCUT2D eigenvalue weighted by atomic mass is 9.74. The van der Waals surface area contributed by atoms with Crippen molar-refractivity contribution in [2.75, 3.05) is 26.3 Å². The van der Waals surface area contributed by atoms with Gasteiger partial charge in [-0.25, -0.2) is 0 Å². The Bertz CT molecular complexity index is 739. The molecule has 0 bridgehead atoms. The number of para-hydroxylation sites is 1. The Balaban J connectivity index is 1.61. The number of fused-ring (bicyclic) bond motifs is 1. The minimum atomic E-state index is -0.974. The van der Waals surface area contributed by atoms with Gasteiger partial charge in [0.05, 0.1) is 11.8 Å². The minimum Gasteiger partial charge on any atom is -0.490 e. The van der Waals surface area contributed by atoms with E-state index in [1.807, 2.05) is 18.2 Å². The molecule has 2 aliphatic rings. The van der Waals surface area contributed by atoms with E-state index in [1.165, 1.54) is 5.56 Å². The molecule has 0 saturated carbocycles. The first kappa shape index (κ1) is 21.1. The maximum Gasteiger partial charge on any atom is 0.312 e. The molecule has 2 aliphatic heterocycles. The molecule has 1 spiro atoms. The number of ether oxygens (including phenoxy) is 2. The van der Waals surface area contributed by atoms with Crippen LogP contribution < -0.4 is 4.74 Å². The summed E-state index contributed by atoms with van der Waals surface area (Å²) in [6.07, 6.45) is 4.46. The van der Waals surface area contributed by atoms with E-state index in [2.05, 4.69) is 6.07 Å². The molecule has 7 nitrogen and oxygen atoms in total. The second-order valence-corrected chi connectivity index (χ2v) is 7.85. The maximum atomic E-state index is 12.9. The number of likely N-dealkylation sites (tertiary alicyclic amines) is 1. The van der Waals surface area contributed by atoms with Crippen molar-refractivity contribution in [2.24, 2.45) is 5.41 Å². The van der Waals surface area contributed by atoms with Crippen LogP contribution in [0.1, 0.15) is 50.5 Å². The van der Waals surface area contributed by atoms with Gasteiger partial charge in [0.1, 0.15) is 19.0 Å². The molecule has 1 N–H and O–H groups in total. The Morgan fingerprint density at radius 1 is 1.00 bits per heavy atom. The summed E-state index contributed by atoms with van der Waals surface area (Å²) in [5.41, 5.74) is 0.606. The van der Waals surface area contributed by atoms with Gasteiger partial charge in [-0.15, -0.1) is 0 Å². The topological polar surface area (TPSA) is 93.1 Å². The zero-order valence-electron chi connectivity index (χ0n) is 16.7. The van der Waals surface area contributed by atoms with Gasteiger partial charge in [-0.3, -0.25) is 14.4 Å². The predicted octanol–water partition coefficient (Wildman–Crippen LogP) is 2.81. The number of benzene rings is 1. The van der Waals surface area contributed by atoms with Crippen LogP contribution in [0.2, 0.25) is 0 Å². The third-order valence-electron chi connectivity index (χ3n) is 5.96. The van der Waals surface area contributed by atoms with E-state index in [1.54, 1.807) is 4.90 Å². The summed E-state index contributed by atoms with van der Waals surface area (Å²) in [7, 11) is 0. The first-order chi connectivity index (χ1) is 14.0. The molecular formula is C22H29NO6. The third kappa shape index (κ3) is 5.49. The van der Waals surface area contributed by atoms with E-state index < -0.39 is 11.4 Å². The first-order valence-electron chi connectivity index (χ1n) is 10.4. The molecule has 0 atom stereocenters. The Morgan fingerprint density at radius 2 is 1.72 bits per heavy atom. The molecule has 1 amide bonds. The molecular weight excluding hydrogens is 374 g/mol. The van der Waals surface area contributed by atoms with Crippen molar-refractivity contribution >= 4 is 17.8 Å². The van der Waals surface area contributed by atoms with Crippen LogP contribution in [0.3, 0.4) is 0 Å². The summed E-state index contributed by atoms with van der Waals surface area (Å²) in [5, 5.41) is 8.76. The molecule has 29 heavy (non-hydrogen) atoms. The van der Waals surface area contributed by atoms with Crippen molar-refractivity contribution in [1.29, 1.82) is 0 Å². The normalized spacial score (nSPS) is 19.9. The van der Waals surface area contributed by atoms with Crippen LogP contribution in [0.15, 0.2) is 24.3 Å². The highest BCUT2D eigenvalue weighted by Crippen LogP contribution is 2.39. The van der Waals surface area contributed by atoms with Crippen molar-refractivity contribution < 1.29 is 29.0 Å². The number of carbonyl (C=O) groups excluding carboxylic acids is 2. The number of amides is 1. The molecule has 0 aromatic heterocycles. The number of carboxylic acids is 1. The zero-order chi connectivity index (χ0) is 20.7. The number of aliphatic carboxylic acids is 1. The smallest absolute Gasteiger partial charge is 0.312 e. The number of hydrogen-bond donors (Lipinski definition) is 1. The molecule has 1 aromatic rings. The molecule has 3 rings (SSSR count). The van der Waals surface area contributed by atoms with E-state index >= 15 is 0 Å². The summed E-state index contributed by atoms with van der Waals surface area (Å²) in [6, 6.07) is 7.97. The lowest BCUT2D eigenvalue weighted by molar-refractivity contribution is -0.162. The highest BCUT2D eigenvalue weighted by Gasteiger charge is 2.43. The fourth-order valence-electron chi connectivity index (χ4n) is 4.18. The fraction of sp³-hybridized carbons (Fsp3) is 0.591. The van der Waals surface area contributed by atoms with Gasteiger partial charge in [-0.05, 0) is 43.7 Å². The van der Waals surface area contributed by atoms with E-state index in [0.717, 1.165) is 31.4 Å². The molecule has 2 heterocycles. The van der Waals surface area contributed by atoms with Crippen LogP contribution in [0.25, 0.3) is 0 Å². The number of hydrogen-bond acceptors (Lipinski definition) is 5. The Hall–Kier alpha value is -2.57. The van der Waals surface area contributed by atoms with Gasteiger partial charge < -0.3 is 19.5 Å². The standard InChI is InChI=1S/C22H29NO6/c24-19(8-9-20(25)26)23-13-11-22(12-14-23)10-4-3-6-17-5-1-2-7-18(17)28-15-16-29-21(22)27/h1-2,5,7H,3-4,6,8-16H2,(H,25,26). The number of esters is 1. The van der Waals surface area contributed by atoms with Crippen LogP contribution in [-0.4, -0.2) is 54.2 Å². The van der Waals surface area contributed by atoms with Gasteiger partial charge in [0.25, 0.3) is 0 Å². The summed E-state index contributed by atoms with van der Waals surface area (Å²) in [5.74, 6) is -0.480. The van der Waals surface area contributed by atoms with Crippen molar-refractivity contribution in [1.82, 2.24) is 4.90 Å². The van der Waals surface area contributed by atoms with Gasteiger partial charge in [0.2, 0.25) is 5.91 Å². The summed E-state index contributed by atoms with van der Waals surface area (Å²) < 4.78 is 11.4. The Kier molecular flexibility index (Phi) is 7.12. The molecule has 0 unspecified atom stereocenters. The SMILES string of the molecule is O=C(O)CCC(=O)N1CCC2(CCCCc3ccccc3OCCOC2=O)CC1. The Morgan fingerprint density at radius 3 is 2.48 bits per heavy atom. The Labute approximate surface area is 171 Å². The lowest BCUT2D eigenvalue weighted by Crippen LogP contribution is -2.47. The van der Waals surface area contributed by atoms with E-state index in [9.17, 15) is 14.4 Å². The average Bonchev–Trinajstić information content (AvgIpc) is 2.72. The maximum absolute atomic E-state index is 12.9. The molecule has 1 fully saturated rings. The van der Waals surface area contributed by atoms with E-state index in [4.69, 9.17) is 14.6 Å². The number of carbonyl (C=O) groups is 3. The van der Waals surface area contributed by atoms with E-state index in [0.29, 0.717) is 32.5 Å². The van der Waals surface area contributed by atoms with Gasteiger partial charge in [0.15, 0.2) is 0 Å². The molecule has 1 saturated heterocycles. The average molecular weight is 403 g/mol. The van der Waals surface area contributed by atoms with Crippen molar-refractivity contribution in [2.45, 2.75) is 51.4 Å². The van der Waals surface area contributed by atoms with E-state index in [-0.39, 0.29) is 31.3 Å². The van der Waals surface area contributed by atoms with Crippen molar-refractivity contribution in [3.8, 4) is 5.75 Å². The highest BCUT2D eigenvalue weighted by atomic mass is 16.6. The second kappa shape index (κ2) is 9.76. The number of cyclic esters (lactones) is 1. The second-order valence-electron chi connectivity index (χ2n) is 7.85. The van der Waals surface area contributed by atoms with Crippen LogP contribution in [0.4, 0.5) is 0 Å². The molecule has 1 aromatic carbocycles. The number of carboxylic acid groups (broad SMARTS) is 1. The molecule has 7 heteroatoms. The fourth-order valence-corrected chi connectivity index (χ4v) is 4.18. The minimum absolute atomic E-state index is 0.00350. The summed E-state index contributed by atoms with van der Waals surface area (Å²) >= 11 is 0. The largest absolute Gasteiger partial charge is 0.490 e. The molecule has 0 aliphatic carbocycles. The molecule has 158 valence electrons.